The predicted octanol–water partition coefficient (Wildman–Crippen LogP) is 5.67. The van der Waals surface area contributed by atoms with E-state index in [1.54, 1.807) is 0 Å². The molecular weight excluding hydrogens is 418 g/mol. The molecule has 0 saturated heterocycles. The average Bonchev–Trinajstić information content (AvgIpc) is 3.50. The number of aromatic nitrogens is 1. The minimum atomic E-state index is -0.174. The second-order valence-corrected chi connectivity index (χ2v) is 9.33. The number of aliphatic hydroxyl groups excluding tert-OH is 1. The summed E-state index contributed by atoms with van der Waals surface area (Å²) in [6.07, 6.45) is 8.48. The third kappa shape index (κ3) is 6.17. The first-order valence-electron chi connectivity index (χ1n) is 11.5. The Hall–Kier alpha value is -2.70. The number of nitrogens with zero attached hydrogens (tertiary/aromatic N) is 1. The highest BCUT2D eigenvalue weighted by Crippen LogP contribution is 2.30. The number of para-hydroxylation sites is 1. The van der Waals surface area contributed by atoms with E-state index in [1.165, 1.54) is 54.7 Å². The summed E-state index contributed by atoms with van der Waals surface area (Å²) < 4.78 is 0. The van der Waals surface area contributed by atoms with Crippen LogP contribution in [0.15, 0.2) is 53.9 Å². The van der Waals surface area contributed by atoms with Crippen LogP contribution >= 0.6 is 11.3 Å². The van der Waals surface area contributed by atoms with Gasteiger partial charge < -0.3 is 10.4 Å². The van der Waals surface area contributed by atoms with Crippen molar-refractivity contribution in [3.8, 4) is 0 Å². The molecule has 6 heteroatoms. The van der Waals surface area contributed by atoms with Crippen molar-refractivity contribution in [2.24, 2.45) is 5.92 Å². The molecule has 1 aliphatic carbocycles. The minimum Gasteiger partial charge on any atom is -0.396 e. The normalized spacial score (nSPS) is 13.9. The van der Waals surface area contributed by atoms with E-state index >= 15 is 0 Å². The van der Waals surface area contributed by atoms with Gasteiger partial charge in [0.1, 0.15) is 0 Å². The van der Waals surface area contributed by atoms with Gasteiger partial charge in [-0.25, -0.2) is 4.98 Å². The summed E-state index contributed by atoms with van der Waals surface area (Å²) in [6, 6.07) is 16.3. The van der Waals surface area contributed by atoms with E-state index in [2.05, 4.69) is 39.9 Å². The molecule has 0 bridgehead atoms. The predicted molar refractivity (Wildman–Crippen MR) is 131 cm³/mol. The lowest BCUT2D eigenvalue weighted by molar-refractivity contribution is 0.102. The molecular formula is C26H31N3O2S. The topological polar surface area (TPSA) is 74.2 Å². The van der Waals surface area contributed by atoms with Gasteiger partial charge in [-0.15, -0.1) is 11.3 Å². The molecule has 2 aromatic carbocycles. The molecule has 1 amide bonds. The second-order valence-electron chi connectivity index (χ2n) is 8.47. The van der Waals surface area contributed by atoms with E-state index in [1.807, 2.05) is 29.6 Å². The lowest BCUT2D eigenvalue weighted by Crippen LogP contribution is -2.12. The maximum absolute atomic E-state index is 12.5. The summed E-state index contributed by atoms with van der Waals surface area (Å²) in [7, 11) is 0. The molecule has 5 nitrogen and oxygen atoms in total. The van der Waals surface area contributed by atoms with Crippen LogP contribution in [0.3, 0.4) is 0 Å². The number of thiazole rings is 1. The maximum atomic E-state index is 12.5. The third-order valence-electron chi connectivity index (χ3n) is 6.15. The SMILES string of the molecule is O=C(Nc1nc(CCO)cs1)c1ccc(CNc2ccccc2CCC2CCCC2)cc1. The van der Waals surface area contributed by atoms with Crippen molar-refractivity contribution in [1.29, 1.82) is 0 Å². The van der Waals surface area contributed by atoms with Gasteiger partial charge in [0.2, 0.25) is 0 Å². The van der Waals surface area contributed by atoms with Crippen LogP contribution in [0.1, 0.15) is 59.3 Å². The van der Waals surface area contributed by atoms with Crippen molar-refractivity contribution in [2.45, 2.75) is 51.5 Å². The van der Waals surface area contributed by atoms with Crippen LogP contribution in [0.5, 0.6) is 0 Å². The first kappa shape index (κ1) is 22.5. The smallest absolute Gasteiger partial charge is 0.257 e. The van der Waals surface area contributed by atoms with Crippen LogP contribution in [-0.2, 0) is 19.4 Å². The van der Waals surface area contributed by atoms with E-state index in [0.29, 0.717) is 17.1 Å². The Kier molecular flexibility index (Phi) is 7.91. The van der Waals surface area contributed by atoms with Crippen LogP contribution in [0.25, 0.3) is 0 Å². The van der Waals surface area contributed by atoms with Crippen molar-refractivity contribution in [2.75, 3.05) is 17.2 Å². The highest BCUT2D eigenvalue weighted by atomic mass is 32.1. The molecule has 1 aromatic heterocycles. The summed E-state index contributed by atoms with van der Waals surface area (Å²) >= 11 is 1.37. The molecule has 1 heterocycles. The number of aryl methyl sites for hydroxylation is 1. The lowest BCUT2D eigenvalue weighted by Gasteiger charge is -2.14. The molecule has 0 atom stereocenters. The van der Waals surface area contributed by atoms with Gasteiger partial charge >= 0.3 is 0 Å². The Morgan fingerprint density at radius 3 is 2.62 bits per heavy atom. The molecule has 1 fully saturated rings. The summed E-state index contributed by atoms with van der Waals surface area (Å²) in [5, 5.41) is 17.8. The Bertz CT molecular complexity index is 1010. The first-order chi connectivity index (χ1) is 15.7. The zero-order valence-electron chi connectivity index (χ0n) is 18.3. The Morgan fingerprint density at radius 1 is 1.06 bits per heavy atom. The molecule has 1 aliphatic rings. The van der Waals surface area contributed by atoms with Crippen molar-refractivity contribution in [3.63, 3.8) is 0 Å². The van der Waals surface area contributed by atoms with Crippen molar-refractivity contribution in [3.05, 3.63) is 76.3 Å². The van der Waals surface area contributed by atoms with E-state index in [0.717, 1.165) is 30.1 Å². The number of benzene rings is 2. The molecule has 168 valence electrons. The number of carbonyl (C=O) groups is 1. The van der Waals surface area contributed by atoms with Gasteiger partial charge in [-0.2, -0.15) is 0 Å². The van der Waals surface area contributed by atoms with E-state index in [9.17, 15) is 4.79 Å². The quantitative estimate of drug-likeness (QED) is 0.373. The number of aliphatic hydroxyl groups is 1. The summed E-state index contributed by atoms with van der Waals surface area (Å²) in [5.74, 6) is 0.721. The fraction of sp³-hybridized carbons (Fsp3) is 0.385. The van der Waals surface area contributed by atoms with Crippen LogP contribution in [0, 0.1) is 5.92 Å². The molecule has 4 rings (SSSR count). The maximum Gasteiger partial charge on any atom is 0.257 e. The van der Waals surface area contributed by atoms with Gasteiger partial charge in [0.05, 0.1) is 5.69 Å². The number of amides is 1. The van der Waals surface area contributed by atoms with Gasteiger partial charge in [-0.3, -0.25) is 10.1 Å². The van der Waals surface area contributed by atoms with Gasteiger partial charge in [0.15, 0.2) is 5.13 Å². The van der Waals surface area contributed by atoms with Crippen molar-refractivity contribution >= 4 is 28.1 Å². The molecule has 0 aliphatic heterocycles. The number of hydrogen-bond donors (Lipinski definition) is 3. The highest BCUT2D eigenvalue weighted by molar-refractivity contribution is 7.14. The van der Waals surface area contributed by atoms with Crippen LogP contribution < -0.4 is 10.6 Å². The molecule has 0 spiro atoms. The largest absolute Gasteiger partial charge is 0.396 e. The molecule has 0 unspecified atom stereocenters. The monoisotopic (exact) mass is 449 g/mol. The number of nitrogens with one attached hydrogen (secondary N) is 2. The van der Waals surface area contributed by atoms with Gasteiger partial charge in [-0.1, -0.05) is 56.0 Å². The fourth-order valence-electron chi connectivity index (χ4n) is 4.30. The van der Waals surface area contributed by atoms with Crippen LogP contribution in [0.4, 0.5) is 10.8 Å². The Balaban J connectivity index is 1.30. The fourth-order valence-corrected chi connectivity index (χ4v) is 5.04. The summed E-state index contributed by atoms with van der Waals surface area (Å²) in [4.78, 5) is 16.8. The summed E-state index contributed by atoms with van der Waals surface area (Å²) in [5.41, 5.74) is 5.11. The van der Waals surface area contributed by atoms with Crippen molar-refractivity contribution < 1.29 is 9.90 Å². The van der Waals surface area contributed by atoms with E-state index in [4.69, 9.17) is 5.11 Å². The van der Waals surface area contributed by atoms with Gasteiger partial charge in [-0.05, 0) is 48.1 Å². The number of carbonyl (C=O) groups excluding carboxylic acids is 1. The zero-order chi connectivity index (χ0) is 22.2. The van der Waals surface area contributed by atoms with Crippen LogP contribution in [-0.4, -0.2) is 22.6 Å². The number of hydrogen-bond acceptors (Lipinski definition) is 5. The Morgan fingerprint density at radius 2 is 1.84 bits per heavy atom. The zero-order valence-corrected chi connectivity index (χ0v) is 19.2. The molecule has 3 N–H and O–H groups in total. The Labute approximate surface area is 193 Å². The van der Waals surface area contributed by atoms with E-state index in [-0.39, 0.29) is 12.5 Å². The third-order valence-corrected chi connectivity index (χ3v) is 6.96. The van der Waals surface area contributed by atoms with Gasteiger partial charge in [0, 0.05) is 36.2 Å². The lowest BCUT2D eigenvalue weighted by atomic mass is 9.97. The number of rotatable bonds is 10. The van der Waals surface area contributed by atoms with E-state index < -0.39 is 0 Å². The second kappa shape index (κ2) is 11.2. The molecule has 32 heavy (non-hydrogen) atoms. The highest BCUT2D eigenvalue weighted by Gasteiger charge is 2.15. The first-order valence-corrected chi connectivity index (χ1v) is 12.4. The van der Waals surface area contributed by atoms with Crippen LogP contribution in [0.2, 0.25) is 0 Å². The minimum absolute atomic E-state index is 0.0532. The standard InChI is InChI=1S/C26H31N3O2S/c30-16-15-23-18-32-26(28-23)29-25(31)22-13-10-20(11-14-22)17-27-24-8-4-3-7-21(24)12-9-19-5-1-2-6-19/h3-4,7-8,10-11,13-14,18-19,27,30H,1-2,5-6,9,12,15-17H2,(H,28,29,31). The average molecular weight is 450 g/mol. The van der Waals surface area contributed by atoms with Gasteiger partial charge in [0.25, 0.3) is 5.91 Å². The summed E-state index contributed by atoms with van der Waals surface area (Å²) in [6.45, 7) is 0.775. The molecule has 0 radical (unpaired) electrons. The number of anilines is 2. The molecule has 1 saturated carbocycles. The van der Waals surface area contributed by atoms with Crippen molar-refractivity contribution in [1.82, 2.24) is 4.98 Å². The molecule has 3 aromatic rings.